The molecule has 1 aromatic rings. The first-order valence-corrected chi connectivity index (χ1v) is 9.42. The van der Waals surface area contributed by atoms with Crippen LogP contribution in [0.5, 0.6) is 0 Å². The third-order valence-corrected chi connectivity index (χ3v) is 6.65. The third-order valence-electron chi connectivity index (χ3n) is 3.35. The Bertz CT molecular complexity index is 652. The van der Waals surface area contributed by atoms with Crippen LogP contribution in [0, 0.1) is 6.92 Å². The summed E-state index contributed by atoms with van der Waals surface area (Å²) in [6.45, 7) is 2.38. The molecule has 1 aromatic carbocycles. The molecule has 0 atom stereocenters. The third kappa shape index (κ3) is 3.53. The van der Waals surface area contributed by atoms with Crippen LogP contribution in [0.3, 0.4) is 0 Å². The van der Waals surface area contributed by atoms with Crippen molar-refractivity contribution in [3.63, 3.8) is 0 Å². The average molecular weight is 350 g/mol. The highest BCUT2D eigenvalue weighted by molar-refractivity contribution is 7.99. The Balaban J connectivity index is 2.51. The van der Waals surface area contributed by atoms with Gasteiger partial charge in [-0.1, -0.05) is 11.6 Å². The van der Waals surface area contributed by atoms with Crippen molar-refractivity contribution in [3.05, 3.63) is 28.3 Å². The first kappa shape index (κ1) is 16.6. The number of hydrogen-bond acceptors (Lipinski definition) is 4. The Morgan fingerprint density at radius 3 is 2.71 bits per heavy atom. The zero-order valence-electron chi connectivity index (χ0n) is 11.5. The Kier molecular flexibility index (Phi) is 5.19. The number of rotatable bonds is 3. The molecule has 1 aliphatic heterocycles. The van der Waals surface area contributed by atoms with E-state index in [1.807, 2.05) is 0 Å². The minimum Gasteiger partial charge on any atom is -0.478 e. The fourth-order valence-corrected chi connectivity index (χ4v) is 5.28. The molecular weight excluding hydrogens is 334 g/mol. The van der Waals surface area contributed by atoms with Gasteiger partial charge in [-0.2, -0.15) is 16.1 Å². The van der Waals surface area contributed by atoms with E-state index in [0.717, 1.165) is 17.9 Å². The van der Waals surface area contributed by atoms with Crippen molar-refractivity contribution in [2.45, 2.75) is 18.2 Å². The van der Waals surface area contributed by atoms with Crippen molar-refractivity contribution in [1.29, 1.82) is 0 Å². The van der Waals surface area contributed by atoms with E-state index in [4.69, 9.17) is 16.7 Å². The molecule has 21 heavy (non-hydrogen) atoms. The normalized spacial score (nSPS) is 17.4. The molecule has 1 N–H and O–H groups in total. The molecule has 0 aliphatic carbocycles. The van der Waals surface area contributed by atoms with E-state index in [1.54, 1.807) is 11.8 Å². The van der Waals surface area contributed by atoms with Crippen LogP contribution < -0.4 is 0 Å². The van der Waals surface area contributed by atoms with Gasteiger partial charge >= 0.3 is 5.97 Å². The van der Waals surface area contributed by atoms with Gasteiger partial charge in [-0.15, -0.1) is 0 Å². The molecule has 1 fully saturated rings. The van der Waals surface area contributed by atoms with E-state index in [1.165, 1.54) is 23.4 Å². The van der Waals surface area contributed by atoms with Crippen LogP contribution in [0.15, 0.2) is 17.0 Å². The number of benzene rings is 1. The van der Waals surface area contributed by atoms with Gasteiger partial charge in [0.25, 0.3) is 0 Å². The summed E-state index contributed by atoms with van der Waals surface area (Å²) >= 11 is 7.61. The Morgan fingerprint density at radius 2 is 2.05 bits per heavy atom. The zero-order chi connectivity index (χ0) is 15.6. The maximum atomic E-state index is 12.8. The number of thioether (sulfide) groups is 1. The first-order valence-electron chi connectivity index (χ1n) is 6.45. The summed E-state index contributed by atoms with van der Waals surface area (Å²) < 4.78 is 26.9. The maximum absolute atomic E-state index is 12.8. The molecule has 0 bridgehead atoms. The van der Waals surface area contributed by atoms with E-state index in [2.05, 4.69) is 0 Å². The first-order chi connectivity index (χ1) is 9.84. The largest absolute Gasteiger partial charge is 0.478 e. The number of aromatic carboxylic acids is 1. The second kappa shape index (κ2) is 6.56. The topological polar surface area (TPSA) is 74.7 Å². The van der Waals surface area contributed by atoms with E-state index in [0.29, 0.717) is 13.1 Å². The fraction of sp³-hybridized carbons (Fsp3) is 0.462. The van der Waals surface area contributed by atoms with Gasteiger partial charge in [-0.05, 0) is 36.8 Å². The van der Waals surface area contributed by atoms with Crippen LogP contribution in [0.25, 0.3) is 0 Å². The summed E-state index contributed by atoms with van der Waals surface area (Å²) in [6, 6.07) is 2.60. The molecule has 0 amide bonds. The number of halogens is 1. The van der Waals surface area contributed by atoms with Gasteiger partial charge in [-0.25, -0.2) is 13.2 Å². The molecule has 1 aliphatic rings. The number of carboxylic acids is 1. The summed E-state index contributed by atoms with van der Waals surface area (Å²) in [5, 5.41) is 9.28. The minimum absolute atomic E-state index is 0.0145. The number of sulfonamides is 1. The van der Waals surface area contributed by atoms with Crippen molar-refractivity contribution < 1.29 is 18.3 Å². The van der Waals surface area contributed by atoms with Crippen LogP contribution >= 0.6 is 23.4 Å². The van der Waals surface area contributed by atoms with Crippen molar-refractivity contribution in [2.24, 2.45) is 0 Å². The van der Waals surface area contributed by atoms with Crippen LogP contribution in [-0.4, -0.2) is 48.4 Å². The lowest BCUT2D eigenvalue weighted by Gasteiger charge is -2.21. The van der Waals surface area contributed by atoms with Crippen LogP contribution in [0.4, 0.5) is 0 Å². The SMILES string of the molecule is Cc1c(C(=O)O)cc(Cl)cc1S(=O)(=O)N1CCCSCC1. The van der Waals surface area contributed by atoms with Crippen molar-refractivity contribution in [1.82, 2.24) is 4.31 Å². The molecule has 0 radical (unpaired) electrons. The van der Waals surface area contributed by atoms with E-state index >= 15 is 0 Å². The molecule has 2 rings (SSSR count). The standard InChI is InChI=1S/C13H16ClNO4S2/c1-9-11(13(16)17)7-10(14)8-12(9)21(18,19)15-3-2-5-20-6-4-15/h7-8H,2-6H2,1H3,(H,16,17). The average Bonchev–Trinajstić information content (AvgIpc) is 2.70. The lowest BCUT2D eigenvalue weighted by molar-refractivity contribution is 0.0696. The van der Waals surface area contributed by atoms with E-state index in [-0.39, 0.29) is 21.0 Å². The molecular formula is C13H16ClNO4S2. The van der Waals surface area contributed by atoms with Gasteiger partial charge in [0.1, 0.15) is 0 Å². The molecule has 1 heterocycles. The van der Waals surface area contributed by atoms with E-state index < -0.39 is 16.0 Å². The molecule has 0 saturated carbocycles. The highest BCUT2D eigenvalue weighted by Gasteiger charge is 2.29. The van der Waals surface area contributed by atoms with Crippen molar-refractivity contribution >= 4 is 39.4 Å². The van der Waals surface area contributed by atoms with Gasteiger partial charge in [0.2, 0.25) is 10.0 Å². The number of carboxylic acid groups (broad SMARTS) is 1. The molecule has 1 saturated heterocycles. The maximum Gasteiger partial charge on any atom is 0.336 e. The molecule has 8 heteroatoms. The van der Waals surface area contributed by atoms with Gasteiger partial charge in [0.15, 0.2) is 0 Å². The Labute approximate surface area is 133 Å². The molecule has 0 unspecified atom stereocenters. The van der Waals surface area contributed by atoms with Gasteiger partial charge < -0.3 is 5.11 Å². The van der Waals surface area contributed by atoms with Crippen LogP contribution in [0.2, 0.25) is 5.02 Å². The van der Waals surface area contributed by atoms with Crippen molar-refractivity contribution in [2.75, 3.05) is 24.6 Å². The second-order valence-corrected chi connectivity index (χ2v) is 8.32. The predicted molar refractivity (Wildman–Crippen MR) is 83.8 cm³/mol. The van der Waals surface area contributed by atoms with Crippen LogP contribution in [-0.2, 0) is 10.0 Å². The monoisotopic (exact) mass is 349 g/mol. The van der Waals surface area contributed by atoms with Crippen molar-refractivity contribution in [3.8, 4) is 0 Å². The summed E-state index contributed by atoms with van der Waals surface area (Å²) in [7, 11) is -3.72. The highest BCUT2D eigenvalue weighted by Crippen LogP contribution is 2.28. The van der Waals surface area contributed by atoms with Crippen LogP contribution in [0.1, 0.15) is 22.3 Å². The summed E-state index contributed by atoms with van der Waals surface area (Å²) in [4.78, 5) is 11.2. The summed E-state index contributed by atoms with van der Waals surface area (Å²) in [5.74, 6) is 0.490. The molecule has 0 aromatic heterocycles. The zero-order valence-corrected chi connectivity index (χ0v) is 13.9. The highest BCUT2D eigenvalue weighted by atomic mass is 35.5. The quantitative estimate of drug-likeness (QED) is 0.907. The predicted octanol–water partition coefficient (Wildman–Crippen LogP) is 2.47. The molecule has 0 spiro atoms. The van der Waals surface area contributed by atoms with Gasteiger partial charge in [0.05, 0.1) is 10.5 Å². The van der Waals surface area contributed by atoms with Gasteiger partial charge in [0, 0.05) is 23.9 Å². The number of hydrogen-bond donors (Lipinski definition) is 1. The Hall–Kier alpha value is -0.760. The van der Waals surface area contributed by atoms with Gasteiger partial charge in [-0.3, -0.25) is 0 Å². The second-order valence-electron chi connectivity index (χ2n) is 4.75. The molecule has 116 valence electrons. The number of nitrogens with zero attached hydrogens (tertiary/aromatic N) is 1. The minimum atomic E-state index is -3.72. The number of carbonyl (C=O) groups is 1. The Morgan fingerprint density at radius 1 is 1.33 bits per heavy atom. The molecule has 5 nitrogen and oxygen atoms in total. The van der Waals surface area contributed by atoms with E-state index in [9.17, 15) is 13.2 Å². The lowest BCUT2D eigenvalue weighted by atomic mass is 10.1. The smallest absolute Gasteiger partial charge is 0.336 e. The summed E-state index contributed by atoms with van der Waals surface area (Å²) in [5.41, 5.74) is 0.147. The fourth-order valence-electron chi connectivity index (χ4n) is 2.25. The lowest BCUT2D eigenvalue weighted by Crippen LogP contribution is -2.33. The summed E-state index contributed by atoms with van der Waals surface area (Å²) in [6.07, 6.45) is 0.787.